The molecule has 2 unspecified atom stereocenters. The molecule has 0 aliphatic heterocycles. The molecule has 3 heteroatoms. The SMILES string of the molecule is Cc1ccc(C)c(C(C)NC(=O)CCC(C)CN)c1. The van der Waals surface area contributed by atoms with Gasteiger partial charge in [-0.15, -0.1) is 0 Å². The van der Waals surface area contributed by atoms with Gasteiger partial charge in [-0.25, -0.2) is 0 Å². The van der Waals surface area contributed by atoms with E-state index in [0.29, 0.717) is 18.9 Å². The topological polar surface area (TPSA) is 55.1 Å². The number of rotatable bonds is 6. The van der Waals surface area contributed by atoms with E-state index in [1.54, 1.807) is 0 Å². The Labute approximate surface area is 116 Å². The van der Waals surface area contributed by atoms with Gasteiger partial charge >= 0.3 is 0 Å². The summed E-state index contributed by atoms with van der Waals surface area (Å²) in [6.45, 7) is 8.89. The monoisotopic (exact) mass is 262 g/mol. The number of nitrogens with two attached hydrogens (primary N) is 1. The average Bonchev–Trinajstić information content (AvgIpc) is 2.38. The third-order valence-electron chi connectivity index (χ3n) is 3.55. The van der Waals surface area contributed by atoms with Crippen molar-refractivity contribution in [3.05, 3.63) is 34.9 Å². The fourth-order valence-corrected chi connectivity index (χ4v) is 2.11. The molecule has 0 bridgehead atoms. The van der Waals surface area contributed by atoms with Crippen LogP contribution in [0.25, 0.3) is 0 Å². The molecule has 1 amide bonds. The highest BCUT2D eigenvalue weighted by atomic mass is 16.1. The smallest absolute Gasteiger partial charge is 0.220 e. The molecule has 2 atom stereocenters. The first-order valence-corrected chi connectivity index (χ1v) is 7.00. The van der Waals surface area contributed by atoms with Crippen molar-refractivity contribution in [2.45, 2.75) is 46.6 Å². The highest BCUT2D eigenvalue weighted by molar-refractivity contribution is 5.76. The van der Waals surface area contributed by atoms with E-state index in [1.165, 1.54) is 16.7 Å². The second-order valence-electron chi connectivity index (χ2n) is 5.53. The lowest BCUT2D eigenvalue weighted by atomic mass is 9.99. The highest BCUT2D eigenvalue weighted by Crippen LogP contribution is 2.19. The van der Waals surface area contributed by atoms with Crippen LogP contribution in [0.5, 0.6) is 0 Å². The van der Waals surface area contributed by atoms with Gasteiger partial charge in [0.05, 0.1) is 6.04 Å². The normalized spacial score (nSPS) is 13.9. The maximum Gasteiger partial charge on any atom is 0.220 e. The van der Waals surface area contributed by atoms with Gasteiger partial charge in [0.2, 0.25) is 5.91 Å². The quantitative estimate of drug-likeness (QED) is 0.828. The summed E-state index contributed by atoms with van der Waals surface area (Å²) in [5, 5.41) is 3.06. The van der Waals surface area contributed by atoms with E-state index in [1.807, 2.05) is 6.92 Å². The summed E-state index contributed by atoms with van der Waals surface area (Å²) in [6, 6.07) is 6.39. The number of hydrogen-bond donors (Lipinski definition) is 2. The molecule has 0 spiro atoms. The van der Waals surface area contributed by atoms with Crippen LogP contribution < -0.4 is 11.1 Å². The van der Waals surface area contributed by atoms with Gasteiger partial charge in [0, 0.05) is 6.42 Å². The van der Waals surface area contributed by atoms with Crippen LogP contribution in [-0.4, -0.2) is 12.5 Å². The second kappa shape index (κ2) is 7.29. The van der Waals surface area contributed by atoms with Crippen molar-refractivity contribution in [1.29, 1.82) is 0 Å². The van der Waals surface area contributed by atoms with Crippen molar-refractivity contribution in [2.24, 2.45) is 11.7 Å². The molecule has 3 N–H and O–H groups in total. The molecule has 0 aromatic heterocycles. The Kier molecular flexibility index (Phi) is 6.03. The van der Waals surface area contributed by atoms with Crippen molar-refractivity contribution in [2.75, 3.05) is 6.54 Å². The third kappa shape index (κ3) is 5.03. The largest absolute Gasteiger partial charge is 0.350 e. The summed E-state index contributed by atoms with van der Waals surface area (Å²) in [5.41, 5.74) is 9.19. The first-order chi connectivity index (χ1) is 8.93. The van der Waals surface area contributed by atoms with Crippen LogP contribution in [0.2, 0.25) is 0 Å². The van der Waals surface area contributed by atoms with E-state index in [4.69, 9.17) is 5.73 Å². The van der Waals surface area contributed by atoms with Gasteiger partial charge in [0.15, 0.2) is 0 Å². The second-order valence-corrected chi connectivity index (χ2v) is 5.53. The Morgan fingerprint density at radius 1 is 1.32 bits per heavy atom. The Morgan fingerprint density at radius 3 is 2.63 bits per heavy atom. The summed E-state index contributed by atoms with van der Waals surface area (Å²) in [6.07, 6.45) is 1.40. The van der Waals surface area contributed by atoms with Gasteiger partial charge in [0.1, 0.15) is 0 Å². The standard InChI is InChI=1S/C16H26N2O/c1-11-5-7-13(3)15(9-11)14(4)18-16(19)8-6-12(2)10-17/h5,7,9,12,14H,6,8,10,17H2,1-4H3,(H,18,19). The van der Waals surface area contributed by atoms with Gasteiger partial charge in [-0.1, -0.05) is 30.7 Å². The van der Waals surface area contributed by atoms with E-state index >= 15 is 0 Å². The maximum atomic E-state index is 11.9. The highest BCUT2D eigenvalue weighted by Gasteiger charge is 2.12. The summed E-state index contributed by atoms with van der Waals surface area (Å²) in [5.74, 6) is 0.510. The van der Waals surface area contributed by atoms with Crippen molar-refractivity contribution in [3.8, 4) is 0 Å². The number of nitrogens with one attached hydrogen (secondary N) is 1. The molecule has 0 aliphatic rings. The zero-order chi connectivity index (χ0) is 14.4. The first-order valence-electron chi connectivity index (χ1n) is 7.00. The molecular formula is C16H26N2O. The van der Waals surface area contributed by atoms with Crippen LogP contribution in [0.3, 0.4) is 0 Å². The van der Waals surface area contributed by atoms with Crippen LogP contribution in [0, 0.1) is 19.8 Å². The minimum Gasteiger partial charge on any atom is -0.350 e. The molecular weight excluding hydrogens is 236 g/mol. The minimum atomic E-state index is 0.0561. The van der Waals surface area contributed by atoms with Crippen LogP contribution in [-0.2, 0) is 4.79 Å². The molecule has 0 heterocycles. The first kappa shape index (κ1) is 15.7. The number of benzene rings is 1. The van der Waals surface area contributed by atoms with Gasteiger partial charge in [0.25, 0.3) is 0 Å². The van der Waals surface area contributed by atoms with Crippen LogP contribution >= 0.6 is 0 Å². The van der Waals surface area contributed by atoms with Gasteiger partial charge in [-0.3, -0.25) is 4.79 Å². The third-order valence-corrected chi connectivity index (χ3v) is 3.55. The number of hydrogen-bond acceptors (Lipinski definition) is 2. The summed E-state index contributed by atoms with van der Waals surface area (Å²) < 4.78 is 0. The molecule has 106 valence electrons. The molecule has 1 rings (SSSR count). The molecule has 0 radical (unpaired) electrons. The Hall–Kier alpha value is -1.35. The number of carbonyl (C=O) groups is 1. The average molecular weight is 262 g/mol. The van der Waals surface area contributed by atoms with E-state index in [0.717, 1.165) is 6.42 Å². The summed E-state index contributed by atoms with van der Waals surface area (Å²) in [4.78, 5) is 11.9. The lowest BCUT2D eigenvalue weighted by molar-refractivity contribution is -0.122. The van der Waals surface area contributed by atoms with Crippen molar-refractivity contribution in [1.82, 2.24) is 5.32 Å². The van der Waals surface area contributed by atoms with Crippen LogP contribution in [0.15, 0.2) is 18.2 Å². The van der Waals surface area contributed by atoms with Gasteiger partial charge < -0.3 is 11.1 Å². The fraction of sp³-hybridized carbons (Fsp3) is 0.562. The lowest BCUT2D eigenvalue weighted by Crippen LogP contribution is -2.27. The predicted octanol–water partition coefficient (Wildman–Crippen LogP) is 2.86. The van der Waals surface area contributed by atoms with E-state index in [2.05, 4.69) is 44.3 Å². The molecule has 0 saturated heterocycles. The predicted molar refractivity (Wildman–Crippen MR) is 79.9 cm³/mol. The van der Waals surface area contributed by atoms with Crippen LogP contribution in [0.1, 0.15) is 49.4 Å². The number of aryl methyl sites for hydroxylation is 2. The molecule has 0 aliphatic carbocycles. The summed E-state index contributed by atoms with van der Waals surface area (Å²) in [7, 11) is 0. The van der Waals surface area contributed by atoms with E-state index in [9.17, 15) is 4.79 Å². The molecule has 0 fully saturated rings. The molecule has 1 aromatic rings. The Bertz CT molecular complexity index is 429. The lowest BCUT2D eigenvalue weighted by Gasteiger charge is -2.18. The molecule has 3 nitrogen and oxygen atoms in total. The Morgan fingerprint density at radius 2 is 2.00 bits per heavy atom. The number of amides is 1. The summed E-state index contributed by atoms with van der Waals surface area (Å²) >= 11 is 0. The van der Waals surface area contributed by atoms with E-state index in [-0.39, 0.29) is 11.9 Å². The maximum absolute atomic E-state index is 11.9. The molecule has 0 saturated carbocycles. The van der Waals surface area contributed by atoms with Crippen molar-refractivity contribution in [3.63, 3.8) is 0 Å². The van der Waals surface area contributed by atoms with Crippen molar-refractivity contribution >= 4 is 5.91 Å². The van der Waals surface area contributed by atoms with Crippen LogP contribution in [0.4, 0.5) is 0 Å². The molecule has 19 heavy (non-hydrogen) atoms. The van der Waals surface area contributed by atoms with Crippen molar-refractivity contribution < 1.29 is 4.79 Å². The zero-order valence-electron chi connectivity index (χ0n) is 12.5. The Balaban J connectivity index is 2.56. The fourth-order valence-electron chi connectivity index (χ4n) is 2.11. The zero-order valence-corrected chi connectivity index (χ0v) is 12.5. The van der Waals surface area contributed by atoms with E-state index < -0.39 is 0 Å². The van der Waals surface area contributed by atoms with Gasteiger partial charge in [-0.2, -0.15) is 0 Å². The minimum absolute atomic E-state index is 0.0561. The number of carbonyl (C=O) groups excluding carboxylic acids is 1. The van der Waals surface area contributed by atoms with Gasteiger partial charge in [-0.05, 0) is 50.8 Å². The molecule has 1 aromatic carbocycles.